The van der Waals surface area contributed by atoms with Crippen LogP contribution >= 0.6 is 0 Å². The third-order valence-corrected chi connectivity index (χ3v) is 2.11. The number of nitrogens with one attached hydrogen (secondary N) is 1. The number of carboxylic acid groups (broad SMARTS) is 1. The number of carbonyl (C=O) groups is 2. The lowest BCUT2D eigenvalue weighted by molar-refractivity contribution is -0.137. The molecule has 1 amide bonds. The molecule has 5 nitrogen and oxygen atoms in total. The Balaban J connectivity index is 2.65. The standard InChI is InChI=1S/C11H15NO4/c1-6-4-8(3)16-10(6)11(15)12-7(2)5-9(13)14/h4,7H,5H2,1-3H3,(H,12,15)(H,13,14). The number of carbonyl (C=O) groups excluding carboxylic acids is 1. The van der Waals surface area contributed by atoms with Crippen LogP contribution in [-0.4, -0.2) is 23.0 Å². The van der Waals surface area contributed by atoms with Gasteiger partial charge in [-0.25, -0.2) is 0 Å². The minimum Gasteiger partial charge on any atom is -0.481 e. The zero-order chi connectivity index (χ0) is 12.3. The van der Waals surface area contributed by atoms with Gasteiger partial charge in [0.1, 0.15) is 5.76 Å². The number of carboxylic acids is 1. The second kappa shape index (κ2) is 4.83. The van der Waals surface area contributed by atoms with Gasteiger partial charge in [-0.05, 0) is 26.8 Å². The maximum atomic E-state index is 11.7. The second-order valence-electron chi connectivity index (χ2n) is 3.84. The first-order chi connectivity index (χ1) is 7.40. The van der Waals surface area contributed by atoms with E-state index in [0.717, 1.165) is 5.56 Å². The highest BCUT2D eigenvalue weighted by Crippen LogP contribution is 2.13. The van der Waals surface area contributed by atoms with Crippen LogP contribution in [0.4, 0.5) is 0 Å². The van der Waals surface area contributed by atoms with Crippen LogP contribution in [0.2, 0.25) is 0 Å². The molecule has 0 aromatic carbocycles. The summed E-state index contributed by atoms with van der Waals surface area (Å²) in [7, 11) is 0. The fraction of sp³-hybridized carbons (Fsp3) is 0.455. The Hall–Kier alpha value is -1.78. The predicted octanol–water partition coefficient (Wildman–Crippen LogP) is 1.49. The molecule has 16 heavy (non-hydrogen) atoms. The van der Waals surface area contributed by atoms with Gasteiger partial charge in [0, 0.05) is 11.6 Å². The third-order valence-electron chi connectivity index (χ3n) is 2.11. The van der Waals surface area contributed by atoms with E-state index in [1.807, 2.05) is 0 Å². The quantitative estimate of drug-likeness (QED) is 0.813. The maximum Gasteiger partial charge on any atom is 0.305 e. The Bertz CT molecular complexity index is 408. The van der Waals surface area contributed by atoms with Crippen molar-refractivity contribution in [3.8, 4) is 0 Å². The van der Waals surface area contributed by atoms with Gasteiger partial charge in [-0.15, -0.1) is 0 Å². The van der Waals surface area contributed by atoms with Crippen molar-refractivity contribution in [2.45, 2.75) is 33.2 Å². The fourth-order valence-electron chi connectivity index (χ4n) is 1.47. The average molecular weight is 225 g/mol. The van der Waals surface area contributed by atoms with Gasteiger partial charge in [0.25, 0.3) is 5.91 Å². The van der Waals surface area contributed by atoms with E-state index in [1.54, 1.807) is 26.8 Å². The molecule has 0 aliphatic carbocycles. The summed E-state index contributed by atoms with van der Waals surface area (Å²) in [6.45, 7) is 5.16. The molecule has 88 valence electrons. The van der Waals surface area contributed by atoms with Crippen LogP contribution in [0, 0.1) is 13.8 Å². The monoisotopic (exact) mass is 225 g/mol. The summed E-state index contributed by atoms with van der Waals surface area (Å²) in [5, 5.41) is 11.1. The number of amides is 1. The van der Waals surface area contributed by atoms with Crippen LogP contribution in [0.15, 0.2) is 10.5 Å². The SMILES string of the molecule is Cc1cc(C)c(C(=O)NC(C)CC(=O)O)o1. The molecule has 0 spiro atoms. The molecular weight excluding hydrogens is 210 g/mol. The highest BCUT2D eigenvalue weighted by Gasteiger charge is 2.17. The molecule has 0 bridgehead atoms. The van der Waals surface area contributed by atoms with Gasteiger partial charge in [0.15, 0.2) is 5.76 Å². The summed E-state index contributed by atoms with van der Waals surface area (Å²) in [6.07, 6.45) is -0.107. The van der Waals surface area contributed by atoms with Gasteiger partial charge in [-0.1, -0.05) is 0 Å². The highest BCUT2D eigenvalue weighted by atomic mass is 16.4. The summed E-state index contributed by atoms with van der Waals surface area (Å²) in [5.41, 5.74) is 0.748. The lowest BCUT2D eigenvalue weighted by Gasteiger charge is -2.10. The summed E-state index contributed by atoms with van der Waals surface area (Å²) < 4.78 is 5.22. The molecule has 0 saturated heterocycles. The lowest BCUT2D eigenvalue weighted by atomic mass is 10.2. The summed E-state index contributed by atoms with van der Waals surface area (Å²) in [5.74, 6) is -0.414. The number of furan rings is 1. The van der Waals surface area contributed by atoms with Crippen LogP contribution in [0.1, 0.15) is 35.2 Å². The van der Waals surface area contributed by atoms with Gasteiger partial charge in [0.05, 0.1) is 6.42 Å². The van der Waals surface area contributed by atoms with Gasteiger partial charge in [-0.2, -0.15) is 0 Å². The molecule has 1 atom stereocenters. The van der Waals surface area contributed by atoms with Crippen LogP contribution in [-0.2, 0) is 4.79 Å². The fourth-order valence-corrected chi connectivity index (χ4v) is 1.47. The molecule has 5 heteroatoms. The van der Waals surface area contributed by atoms with Crippen molar-refractivity contribution in [1.82, 2.24) is 5.32 Å². The Labute approximate surface area is 93.4 Å². The van der Waals surface area contributed by atoms with Crippen molar-refractivity contribution in [3.63, 3.8) is 0 Å². The van der Waals surface area contributed by atoms with E-state index in [1.165, 1.54) is 0 Å². The molecule has 0 aliphatic heterocycles. The topological polar surface area (TPSA) is 79.5 Å². The molecule has 0 fully saturated rings. The molecular formula is C11H15NO4. The van der Waals surface area contributed by atoms with Gasteiger partial charge >= 0.3 is 5.97 Å². The number of aliphatic carboxylic acids is 1. The number of hydrogen-bond acceptors (Lipinski definition) is 3. The Morgan fingerprint density at radius 2 is 2.12 bits per heavy atom. The van der Waals surface area contributed by atoms with Crippen molar-refractivity contribution in [3.05, 3.63) is 23.2 Å². The summed E-state index contributed by atoms with van der Waals surface area (Å²) >= 11 is 0. The molecule has 1 rings (SSSR count). The Morgan fingerprint density at radius 1 is 1.50 bits per heavy atom. The van der Waals surface area contributed by atoms with Gasteiger partial charge < -0.3 is 14.8 Å². The number of rotatable bonds is 4. The predicted molar refractivity (Wildman–Crippen MR) is 57.4 cm³/mol. The van der Waals surface area contributed by atoms with E-state index in [2.05, 4.69) is 5.32 Å². The van der Waals surface area contributed by atoms with Crippen molar-refractivity contribution in [1.29, 1.82) is 0 Å². The number of aryl methyl sites for hydroxylation is 2. The molecule has 0 aliphatic rings. The van der Waals surface area contributed by atoms with E-state index in [9.17, 15) is 9.59 Å². The zero-order valence-corrected chi connectivity index (χ0v) is 9.53. The Morgan fingerprint density at radius 3 is 2.56 bits per heavy atom. The van der Waals surface area contributed by atoms with Crippen molar-refractivity contribution in [2.75, 3.05) is 0 Å². The molecule has 0 radical (unpaired) electrons. The maximum absolute atomic E-state index is 11.7. The van der Waals surface area contributed by atoms with E-state index < -0.39 is 12.0 Å². The minimum atomic E-state index is -0.944. The molecule has 1 aromatic rings. The van der Waals surface area contributed by atoms with E-state index >= 15 is 0 Å². The normalized spacial score (nSPS) is 12.2. The molecule has 0 saturated carbocycles. The first-order valence-corrected chi connectivity index (χ1v) is 5.00. The van der Waals surface area contributed by atoms with Gasteiger partial charge in [-0.3, -0.25) is 9.59 Å². The van der Waals surface area contributed by atoms with Crippen molar-refractivity contribution < 1.29 is 19.1 Å². The highest BCUT2D eigenvalue weighted by molar-refractivity contribution is 5.93. The first-order valence-electron chi connectivity index (χ1n) is 5.00. The first kappa shape index (κ1) is 12.3. The van der Waals surface area contributed by atoms with Crippen LogP contribution in [0.5, 0.6) is 0 Å². The van der Waals surface area contributed by atoms with E-state index in [4.69, 9.17) is 9.52 Å². The van der Waals surface area contributed by atoms with Crippen molar-refractivity contribution >= 4 is 11.9 Å². The van der Waals surface area contributed by atoms with Crippen LogP contribution < -0.4 is 5.32 Å². The molecule has 1 aromatic heterocycles. The summed E-state index contributed by atoms with van der Waals surface area (Å²) in [6, 6.07) is 1.34. The molecule has 1 unspecified atom stereocenters. The largest absolute Gasteiger partial charge is 0.481 e. The van der Waals surface area contributed by atoms with Gasteiger partial charge in [0.2, 0.25) is 0 Å². The average Bonchev–Trinajstić information content (AvgIpc) is 2.43. The molecule has 1 heterocycles. The lowest BCUT2D eigenvalue weighted by Crippen LogP contribution is -2.34. The van der Waals surface area contributed by atoms with E-state index in [-0.39, 0.29) is 18.1 Å². The Kier molecular flexibility index (Phi) is 3.71. The second-order valence-corrected chi connectivity index (χ2v) is 3.84. The van der Waals surface area contributed by atoms with E-state index in [0.29, 0.717) is 5.76 Å². The minimum absolute atomic E-state index is 0.107. The number of hydrogen-bond donors (Lipinski definition) is 2. The third kappa shape index (κ3) is 3.12. The van der Waals surface area contributed by atoms with Crippen LogP contribution in [0.3, 0.4) is 0 Å². The summed E-state index contributed by atoms with van der Waals surface area (Å²) in [4.78, 5) is 22.1. The molecule has 2 N–H and O–H groups in total. The van der Waals surface area contributed by atoms with Crippen LogP contribution in [0.25, 0.3) is 0 Å². The zero-order valence-electron chi connectivity index (χ0n) is 9.53. The smallest absolute Gasteiger partial charge is 0.305 e. The van der Waals surface area contributed by atoms with Crippen molar-refractivity contribution in [2.24, 2.45) is 0 Å².